The second-order valence-corrected chi connectivity index (χ2v) is 7.46. The first-order valence-electron chi connectivity index (χ1n) is 5.72. The Morgan fingerprint density at radius 2 is 1.95 bits per heavy atom. The van der Waals surface area contributed by atoms with E-state index >= 15 is 0 Å². The van der Waals surface area contributed by atoms with E-state index in [9.17, 15) is 18.3 Å². The van der Waals surface area contributed by atoms with Gasteiger partial charge in [-0.05, 0) is 54.9 Å². The first-order chi connectivity index (χ1) is 8.97. The molecule has 0 heterocycles. The van der Waals surface area contributed by atoms with Crippen LogP contribution in [0.3, 0.4) is 0 Å². The minimum absolute atomic E-state index is 0.136. The SMILES string of the molecule is CC(O)C(C)(C)NS(=O)(=O)c1cc(C(=O)O)ccc1Br. The Bertz CT molecular complexity index is 625. The third kappa shape index (κ3) is 3.78. The molecule has 0 amide bonds. The van der Waals surface area contributed by atoms with Crippen molar-refractivity contribution in [2.45, 2.75) is 37.3 Å². The summed E-state index contributed by atoms with van der Waals surface area (Å²) in [6.07, 6.45) is -0.918. The molecule has 0 aliphatic rings. The quantitative estimate of drug-likeness (QED) is 0.734. The highest BCUT2D eigenvalue weighted by molar-refractivity contribution is 9.10. The van der Waals surface area contributed by atoms with Gasteiger partial charge < -0.3 is 10.2 Å². The standard InChI is InChI=1S/C12H16BrNO5S/c1-7(15)12(2,3)14-20(18,19)10-6-8(11(16)17)4-5-9(10)13/h4-7,14-15H,1-3H3,(H,16,17). The van der Waals surface area contributed by atoms with E-state index < -0.39 is 27.6 Å². The number of halogens is 1. The average Bonchev–Trinajstić information content (AvgIpc) is 2.27. The Morgan fingerprint density at radius 1 is 1.40 bits per heavy atom. The van der Waals surface area contributed by atoms with E-state index in [2.05, 4.69) is 20.7 Å². The fourth-order valence-corrected chi connectivity index (χ4v) is 3.79. The number of carbonyl (C=O) groups is 1. The van der Waals surface area contributed by atoms with Crippen molar-refractivity contribution >= 4 is 31.9 Å². The van der Waals surface area contributed by atoms with Gasteiger partial charge >= 0.3 is 5.97 Å². The number of carboxylic acid groups (broad SMARTS) is 1. The maximum atomic E-state index is 12.3. The van der Waals surface area contributed by atoms with Crippen molar-refractivity contribution < 1.29 is 23.4 Å². The van der Waals surface area contributed by atoms with Gasteiger partial charge in [-0.15, -0.1) is 0 Å². The molecule has 112 valence electrons. The smallest absolute Gasteiger partial charge is 0.335 e. The lowest BCUT2D eigenvalue weighted by molar-refractivity contribution is 0.0696. The van der Waals surface area contributed by atoms with Gasteiger partial charge in [-0.2, -0.15) is 0 Å². The van der Waals surface area contributed by atoms with Gasteiger partial charge in [0.05, 0.1) is 22.1 Å². The van der Waals surface area contributed by atoms with E-state index in [1.807, 2.05) is 0 Å². The van der Waals surface area contributed by atoms with Gasteiger partial charge in [0.2, 0.25) is 10.0 Å². The molecule has 1 atom stereocenters. The lowest BCUT2D eigenvalue weighted by Gasteiger charge is -2.29. The molecule has 0 saturated carbocycles. The summed E-state index contributed by atoms with van der Waals surface area (Å²) in [6.45, 7) is 4.53. The average molecular weight is 366 g/mol. The van der Waals surface area contributed by atoms with Crippen molar-refractivity contribution in [3.63, 3.8) is 0 Å². The van der Waals surface area contributed by atoms with Crippen LogP contribution in [0.2, 0.25) is 0 Å². The summed E-state index contributed by atoms with van der Waals surface area (Å²) in [4.78, 5) is 10.7. The fraction of sp³-hybridized carbons (Fsp3) is 0.417. The lowest BCUT2D eigenvalue weighted by Crippen LogP contribution is -2.50. The summed E-state index contributed by atoms with van der Waals surface area (Å²) in [5.74, 6) is -1.22. The predicted molar refractivity (Wildman–Crippen MR) is 77.2 cm³/mol. The third-order valence-electron chi connectivity index (χ3n) is 2.91. The highest BCUT2D eigenvalue weighted by Gasteiger charge is 2.31. The fourth-order valence-electron chi connectivity index (χ4n) is 1.33. The Hall–Kier alpha value is -0.960. The summed E-state index contributed by atoms with van der Waals surface area (Å²) in [6, 6.07) is 3.71. The molecule has 8 heteroatoms. The number of benzene rings is 1. The van der Waals surface area contributed by atoms with E-state index in [1.165, 1.54) is 32.9 Å². The molecule has 0 saturated heterocycles. The predicted octanol–water partition coefficient (Wildman–Crippen LogP) is 1.59. The Balaban J connectivity index is 3.29. The molecule has 1 unspecified atom stereocenters. The molecule has 1 aromatic rings. The molecular weight excluding hydrogens is 350 g/mol. The monoisotopic (exact) mass is 365 g/mol. The number of hydrogen-bond donors (Lipinski definition) is 3. The van der Waals surface area contributed by atoms with Gasteiger partial charge in [0.1, 0.15) is 0 Å². The zero-order valence-corrected chi connectivity index (χ0v) is 13.6. The number of nitrogens with one attached hydrogen (secondary N) is 1. The molecule has 0 spiro atoms. The first-order valence-corrected chi connectivity index (χ1v) is 8.00. The third-order valence-corrected chi connectivity index (χ3v) is 5.58. The number of aliphatic hydroxyl groups excluding tert-OH is 1. The molecule has 1 aromatic carbocycles. The lowest BCUT2D eigenvalue weighted by atomic mass is 10.0. The highest BCUT2D eigenvalue weighted by atomic mass is 79.9. The van der Waals surface area contributed by atoms with Crippen LogP contribution in [-0.4, -0.2) is 36.2 Å². The van der Waals surface area contributed by atoms with Crippen LogP contribution < -0.4 is 4.72 Å². The van der Waals surface area contributed by atoms with Gasteiger partial charge in [0.25, 0.3) is 0 Å². The van der Waals surface area contributed by atoms with Crippen molar-refractivity contribution in [2.75, 3.05) is 0 Å². The van der Waals surface area contributed by atoms with Crippen LogP contribution in [0, 0.1) is 0 Å². The van der Waals surface area contributed by atoms with Gasteiger partial charge in [-0.25, -0.2) is 17.9 Å². The Kier molecular flexibility index (Phi) is 4.96. The second-order valence-electron chi connectivity index (χ2n) is 4.95. The van der Waals surface area contributed by atoms with Crippen molar-refractivity contribution in [1.29, 1.82) is 0 Å². The molecule has 1 rings (SSSR count). The molecule has 20 heavy (non-hydrogen) atoms. The van der Waals surface area contributed by atoms with E-state index in [4.69, 9.17) is 5.11 Å². The van der Waals surface area contributed by atoms with Gasteiger partial charge in [-0.3, -0.25) is 0 Å². The van der Waals surface area contributed by atoms with E-state index in [0.29, 0.717) is 0 Å². The highest BCUT2D eigenvalue weighted by Crippen LogP contribution is 2.25. The normalized spacial score (nSPS) is 14.1. The largest absolute Gasteiger partial charge is 0.478 e. The number of carboxylic acids is 1. The molecule has 0 fully saturated rings. The molecule has 0 bridgehead atoms. The number of hydrogen-bond acceptors (Lipinski definition) is 4. The molecule has 0 aliphatic heterocycles. The van der Waals surface area contributed by atoms with Crippen LogP contribution in [-0.2, 0) is 10.0 Å². The summed E-state index contributed by atoms with van der Waals surface area (Å²) in [5.41, 5.74) is -1.22. The maximum absolute atomic E-state index is 12.3. The first kappa shape index (κ1) is 17.1. The number of sulfonamides is 1. The van der Waals surface area contributed by atoms with Crippen molar-refractivity contribution in [1.82, 2.24) is 4.72 Å². The minimum Gasteiger partial charge on any atom is -0.478 e. The zero-order valence-electron chi connectivity index (χ0n) is 11.2. The summed E-state index contributed by atoms with van der Waals surface area (Å²) in [5, 5.41) is 18.5. The van der Waals surface area contributed by atoms with Gasteiger partial charge in [-0.1, -0.05) is 0 Å². The Labute approximate surface area is 126 Å². The van der Waals surface area contributed by atoms with Crippen molar-refractivity contribution in [2.24, 2.45) is 0 Å². The van der Waals surface area contributed by atoms with Gasteiger partial charge in [0.15, 0.2) is 0 Å². The minimum atomic E-state index is -3.97. The van der Waals surface area contributed by atoms with Gasteiger partial charge in [0, 0.05) is 4.47 Å². The van der Waals surface area contributed by atoms with Crippen molar-refractivity contribution in [3.05, 3.63) is 28.2 Å². The zero-order chi connectivity index (χ0) is 15.7. The molecule has 0 aliphatic carbocycles. The number of aliphatic hydroxyl groups is 1. The molecule has 0 aromatic heterocycles. The van der Waals surface area contributed by atoms with Crippen molar-refractivity contribution in [3.8, 4) is 0 Å². The van der Waals surface area contributed by atoms with E-state index in [0.717, 1.165) is 6.07 Å². The van der Waals surface area contributed by atoms with Crippen LogP contribution in [0.5, 0.6) is 0 Å². The molecular formula is C12H16BrNO5S. The molecule has 0 radical (unpaired) electrons. The molecule has 3 N–H and O–H groups in total. The number of rotatable bonds is 5. The van der Waals surface area contributed by atoms with Crippen LogP contribution in [0.1, 0.15) is 31.1 Å². The number of aromatic carboxylic acids is 1. The van der Waals surface area contributed by atoms with Crippen LogP contribution in [0.4, 0.5) is 0 Å². The summed E-state index contributed by atoms with van der Waals surface area (Å²) in [7, 11) is -3.97. The molecule has 6 nitrogen and oxygen atoms in total. The summed E-state index contributed by atoms with van der Waals surface area (Å²) >= 11 is 3.09. The maximum Gasteiger partial charge on any atom is 0.335 e. The summed E-state index contributed by atoms with van der Waals surface area (Å²) < 4.78 is 27.2. The van der Waals surface area contributed by atoms with Crippen LogP contribution in [0.15, 0.2) is 27.6 Å². The second kappa shape index (κ2) is 5.80. The Morgan fingerprint density at radius 3 is 2.40 bits per heavy atom. The van der Waals surface area contributed by atoms with E-state index in [1.54, 1.807) is 0 Å². The van der Waals surface area contributed by atoms with Crippen LogP contribution in [0.25, 0.3) is 0 Å². The topological polar surface area (TPSA) is 104 Å². The van der Waals surface area contributed by atoms with Crippen LogP contribution >= 0.6 is 15.9 Å². The van der Waals surface area contributed by atoms with E-state index in [-0.39, 0.29) is 14.9 Å².